The molecular formula is C23H17N5O2S. The molecule has 0 saturated carbocycles. The summed E-state index contributed by atoms with van der Waals surface area (Å²) in [5.74, 6) is -0.249. The van der Waals surface area contributed by atoms with E-state index in [1.54, 1.807) is 30.5 Å². The van der Waals surface area contributed by atoms with Gasteiger partial charge in [0.1, 0.15) is 5.01 Å². The zero-order valence-electron chi connectivity index (χ0n) is 16.3. The number of para-hydroxylation sites is 1. The Morgan fingerprint density at radius 1 is 1.06 bits per heavy atom. The third kappa shape index (κ3) is 4.01. The van der Waals surface area contributed by atoms with Crippen molar-refractivity contribution in [2.45, 2.75) is 6.54 Å². The minimum atomic E-state index is -0.249. The fourth-order valence-corrected chi connectivity index (χ4v) is 4.15. The summed E-state index contributed by atoms with van der Waals surface area (Å²) in [6.07, 6.45) is 4.87. The molecule has 0 aliphatic carbocycles. The van der Waals surface area contributed by atoms with E-state index in [1.807, 2.05) is 48.5 Å². The van der Waals surface area contributed by atoms with E-state index in [-0.39, 0.29) is 11.6 Å². The second-order valence-corrected chi connectivity index (χ2v) is 7.97. The van der Waals surface area contributed by atoms with Gasteiger partial charge in [-0.2, -0.15) is 0 Å². The summed E-state index contributed by atoms with van der Waals surface area (Å²) in [7, 11) is 0. The number of carbonyl (C=O) groups excluding carboxylic acids is 1. The van der Waals surface area contributed by atoms with Crippen molar-refractivity contribution in [3.05, 3.63) is 100 Å². The SMILES string of the molecule is O=C(/C=C/c1nc2ccccc2s1)Nc1cccc(Cn2nc3ccccn3c2=O)c1. The van der Waals surface area contributed by atoms with Gasteiger partial charge in [0.05, 0.1) is 16.8 Å². The van der Waals surface area contributed by atoms with Crippen LogP contribution in [0.5, 0.6) is 0 Å². The molecule has 1 amide bonds. The van der Waals surface area contributed by atoms with Crippen LogP contribution in [0.3, 0.4) is 0 Å². The van der Waals surface area contributed by atoms with Gasteiger partial charge in [-0.3, -0.25) is 9.20 Å². The summed E-state index contributed by atoms with van der Waals surface area (Å²) < 4.78 is 3.99. The fourth-order valence-electron chi connectivity index (χ4n) is 3.28. The second-order valence-electron chi connectivity index (χ2n) is 6.91. The maximum absolute atomic E-state index is 12.5. The number of amides is 1. The fraction of sp³-hybridized carbons (Fsp3) is 0.0435. The highest BCUT2D eigenvalue weighted by atomic mass is 32.1. The molecule has 0 atom stereocenters. The van der Waals surface area contributed by atoms with Crippen molar-refractivity contribution in [1.29, 1.82) is 0 Å². The minimum Gasteiger partial charge on any atom is -0.323 e. The predicted octanol–water partition coefficient (Wildman–Crippen LogP) is 3.81. The summed E-state index contributed by atoms with van der Waals surface area (Å²) >= 11 is 1.53. The van der Waals surface area contributed by atoms with Gasteiger partial charge in [-0.1, -0.05) is 30.3 Å². The molecule has 7 nitrogen and oxygen atoms in total. The molecule has 5 rings (SSSR count). The van der Waals surface area contributed by atoms with Crippen molar-refractivity contribution in [2.75, 3.05) is 5.32 Å². The molecule has 0 unspecified atom stereocenters. The van der Waals surface area contributed by atoms with E-state index in [9.17, 15) is 9.59 Å². The highest BCUT2D eigenvalue weighted by molar-refractivity contribution is 7.19. The molecule has 2 aromatic carbocycles. The molecule has 0 bridgehead atoms. The molecule has 0 saturated heterocycles. The van der Waals surface area contributed by atoms with E-state index >= 15 is 0 Å². The first kappa shape index (κ1) is 19.0. The van der Waals surface area contributed by atoms with Crippen LogP contribution in [0.2, 0.25) is 0 Å². The molecule has 3 aromatic heterocycles. The number of anilines is 1. The first-order valence-corrected chi connectivity index (χ1v) is 10.5. The lowest BCUT2D eigenvalue weighted by Gasteiger charge is -2.05. The topological polar surface area (TPSA) is 81.3 Å². The molecule has 0 spiro atoms. The number of hydrogen-bond acceptors (Lipinski definition) is 5. The number of rotatable bonds is 5. The van der Waals surface area contributed by atoms with E-state index in [1.165, 1.54) is 26.5 Å². The van der Waals surface area contributed by atoms with Crippen LogP contribution in [0.4, 0.5) is 5.69 Å². The summed E-state index contributed by atoms with van der Waals surface area (Å²) in [6, 6.07) is 20.6. The van der Waals surface area contributed by atoms with Gasteiger partial charge in [-0.25, -0.2) is 14.5 Å². The molecule has 152 valence electrons. The number of hydrogen-bond donors (Lipinski definition) is 1. The predicted molar refractivity (Wildman–Crippen MR) is 122 cm³/mol. The second kappa shape index (κ2) is 8.00. The molecular weight excluding hydrogens is 410 g/mol. The summed E-state index contributed by atoms with van der Waals surface area (Å²) in [5, 5.41) is 7.97. The van der Waals surface area contributed by atoms with Crippen molar-refractivity contribution in [1.82, 2.24) is 19.2 Å². The van der Waals surface area contributed by atoms with Gasteiger partial charge in [0.2, 0.25) is 5.91 Å². The number of pyridine rings is 1. The Hall–Kier alpha value is -4.04. The number of benzene rings is 2. The van der Waals surface area contributed by atoms with Crippen LogP contribution in [0.15, 0.2) is 83.8 Å². The monoisotopic (exact) mass is 427 g/mol. The van der Waals surface area contributed by atoms with Crippen LogP contribution in [-0.2, 0) is 11.3 Å². The van der Waals surface area contributed by atoms with Gasteiger partial charge in [-0.15, -0.1) is 16.4 Å². The van der Waals surface area contributed by atoms with Gasteiger partial charge >= 0.3 is 5.69 Å². The van der Waals surface area contributed by atoms with Gasteiger partial charge in [0.25, 0.3) is 0 Å². The molecule has 31 heavy (non-hydrogen) atoms. The number of nitrogens with zero attached hydrogens (tertiary/aromatic N) is 4. The number of nitrogens with one attached hydrogen (secondary N) is 1. The number of fused-ring (bicyclic) bond motifs is 2. The van der Waals surface area contributed by atoms with E-state index in [0.717, 1.165) is 20.8 Å². The molecule has 3 heterocycles. The first-order chi connectivity index (χ1) is 15.2. The van der Waals surface area contributed by atoms with Crippen molar-refractivity contribution in [3.8, 4) is 0 Å². The number of aromatic nitrogens is 4. The quantitative estimate of drug-likeness (QED) is 0.433. The maximum Gasteiger partial charge on any atom is 0.350 e. The minimum absolute atomic E-state index is 0.205. The Kier molecular flexibility index (Phi) is 4.89. The Labute approximate surface area is 180 Å². The Morgan fingerprint density at radius 2 is 1.94 bits per heavy atom. The molecule has 1 N–H and O–H groups in total. The van der Waals surface area contributed by atoms with Gasteiger partial charge in [0.15, 0.2) is 5.65 Å². The van der Waals surface area contributed by atoms with Crippen molar-refractivity contribution < 1.29 is 4.79 Å². The van der Waals surface area contributed by atoms with Crippen molar-refractivity contribution >= 4 is 44.9 Å². The standard InChI is InChI=1S/C23H17N5O2S/c29-21(11-12-22-25-18-8-1-2-9-19(18)31-22)24-17-7-5-6-16(14-17)15-28-23(30)27-13-4-3-10-20(27)26-28/h1-14H,15H2,(H,24,29)/b12-11+. The number of carbonyl (C=O) groups is 1. The van der Waals surface area contributed by atoms with Crippen LogP contribution in [0.25, 0.3) is 21.9 Å². The van der Waals surface area contributed by atoms with Crippen molar-refractivity contribution in [3.63, 3.8) is 0 Å². The van der Waals surface area contributed by atoms with Crippen LogP contribution in [-0.4, -0.2) is 25.1 Å². The molecule has 0 aliphatic heterocycles. The average Bonchev–Trinajstić information content (AvgIpc) is 3.33. The Balaban J connectivity index is 1.29. The Bertz CT molecular complexity index is 1460. The third-order valence-corrected chi connectivity index (χ3v) is 5.70. The molecule has 0 aliphatic rings. The van der Waals surface area contributed by atoms with E-state index < -0.39 is 0 Å². The zero-order chi connectivity index (χ0) is 21.2. The highest BCUT2D eigenvalue weighted by Gasteiger charge is 2.07. The van der Waals surface area contributed by atoms with Crippen LogP contribution >= 0.6 is 11.3 Å². The van der Waals surface area contributed by atoms with E-state index in [0.29, 0.717) is 17.9 Å². The smallest absolute Gasteiger partial charge is 0.323 e. The summed E-state index contributed by atoms with van der Waals surface area (Å²) in [5.41, 5.74) is 2.81. The lowest BCUT2D eigenvalue weighted by molar-refractivity contribution is -0.111. The Morgan fingerprint density at radius 3 is 2.81 bits per heavy atom. The molecule has 0 radical (unpaired) electrons. The molecule has 0 fully saturated rings. The number of thiazole rings is 1. The molecule has 5 aromatic rings. The summed E-state index contributed by atoms with van der Waals surface area (Å²) in [4.78, 5) is 29.3. The normalized spacial score (nSPS) is 11.5. The summed E-state index contributed by atoms with van der Waals surface area (Å²) in [6.45, 7) is 0.311. The van der Waals surface area contributed by atoms with Gasteiger partial charge in [-0.05, 0) is 48.0 Å². The van der Waals surface area contributed by atoms with Gasteiger partial charge < -0.3 is 5.32 Å². The van der Waals surface area contributed by atoms with Crippen LogP contribution in [0.1, 0.15) is 10.6 Å². The lowest BCUT2D eigenvalue weighted by atomic mass is 10.2. The lowest BCUT2D eigenvalue weighted by Crippen LogP contribution is -2.21. The third-order valence-electron chi connectivity index (χ3n) is 4.70. The van der Waals surface area contributed by atoms with E-state index in [4.69, 9.17) is 0 Å². The highest BCUT2D eigenvalue weighted by Crippen LogP contribution is 2.22. The van der Waals surface area contributed by atoms with Crippen LogP contribution in [0, 0.1) is 0 Å². The van der Waals surface area contributed by atoms with Crippen LogP contribution < -0.4 is 11.0 Å². The maximum atomic E-state index is 12.5. The zero-order valence-corrected chi connectivity index (χ0v) is 17.1. The van der Waals surface area contributed by atoms with Gasteiger partial charge in [0, 0.05) is 18.0 Å². The molecule has 8 heteroatoms. The largest absolute Gasteiger partial charge is 0.350 e. The van der Waals surface area contributed by atoms with E-state index in [2.05, 4.69) is 15.4 Å². The van der Waals surface area contributed by atoms with Crippen molar-refractivity contribution in [2.24, 2.45) is 0 Å². The average molecular weight is 427 g/mol. The first-order valence-electron chi connectivity index (χ1n) is 9.63.